The maximum absolute atomic E-state index is 6.73. The molecule has 0 fully saturated rings. The first-order valence-corrected chi connectivity index (χ1v) is 17.1. The van der Waals surface area contributed by atoms with E-state index in [0.717, 1.165) is 60.5 Å². The minimum absolute atomic E-state index is 0.615. The van der Waals surface area contributed by atoms with Gasteiger partial charge in [0.1, 0.15) is 11.2 Å². The van der Waals surface area contributed by atoms with Gasteiger partial charge in [-0.1, -0.05) is 146 Å². The molecular weight excluding hydrogens is 623 g/mol. The molecule has 0 aliphatic heterocycles. The number of hydrogen-bond acceptors (Lipinski definition) is 4. The van der Waals surface area contributed by atoms with E-state index in [9.17, 15) is 0 Å². The number of rotatable bonds is 5. The maximum atomic E-state index is 6.73. The van der Waals surface area contributed by atoms with Crippen LogP contribution in [0.2, 0.25) is 0 Å². The molecule has 0 unspecified atom stereocenters. The van der Waals surface area contributed by atoms with Gasteiger partial charge in [0, 0.05) is 33.0 Å². The van der Waals surface area contributed by atoms with Crippen LogP contribution in [0, 0.1) is 0 Å². The molecule has 2 aromatic heterocycles. The zero-order valence-corrected chi connectivity index (χ0v) is 27.5. The molecule has 0 amide bonds. The molecule has 0 aliphatic rings. The molecule has 0 spiro atoms. The molecule has 4 nitrogen and oxygen atoms in total. The molecule has 8 aromatic carbocycles. The van der Waals surface area contributed by atoms with Crippen LogP contribution in [0.4, 0.5) is 0 Å². The zero-order chi connectivity index (χ0) is 33.7. The molecule has 2 heterocycles. The van der Waals surface area contributed by atoms with Crippen molar-refractivity contribution in [3.8, 4) is 56.4 Å². The third kappa shape index (κ3) is 5.13. The first-order valence-electron chi connectivity index (χ1n) is 17.1. The van der Waals surface area contributed by atoms with Crippen LogP contribution in [0.5, 0.6) is 0 Å². The van der Waals surface area contributed by atoms with E-state index >= 15 is 0 Å². The van der Waals surface area contributed by atoms with Crippen molar-refractivity contribution in [3.05, 3.63) is 176 Å². The van der Waals surface area contributed by atoms with Crippen molar-refractivity contribution in [1.82, 2.24) is 15.0 Å². The van der Waals surface area contributed by atoms with Crippen molar-refractivity contribution >= 4 is 43.5 Å². The normalized spacial score (nSPS) is 11.5. The molecule has 0 saturated heterocycles. The van der Waals surface area contributed by atoms with Gasteiger partial charge >= 0.3 is 0 Å². The highest BCUT2D eigenvalue weighted by atomic mass is 16.3. The minimum Gasteiger partial charge on any atom is -0.455 e. The SMILES string of the molecule is c1ccc(-c2nc(-c3ccccc3)nc(-c3ccc4oc5c(-c6ccc(-c7ccc8ccccc8c7)cc6)c6ccccc6cc5c4c3)n2)cc1. The van der Waals surface area contributed by atoms with Crippen LogP contribution < -0.4 is 0 Å². The number of nitrogens with zero attached hydrogens (tertiary/aromatic N) is 3. The van der Waals surface area contributed by atoms with Gasteiger partial charge in [0.2, 0.25) is 0 Å². The fraction of sp³-hybridized carbons (Fsp3) is 0. The average molecular weight is 652 g/mol. The van der Waals surface area contributed by atoms with E-state index in [1.54, 1.807) is 0 Å². The molecule has 0 bridgehead atoms. The van der Waals surface area contributed by atoms with Crippen molar-refractivity contribution in [2.45, 2.75) is 0 Å². The van der Waals surface area contributed by atoms with Crippen molar-refractivity contribution in [1.29, 1.82) is 0 Å². The third-order valence-corrected chi connectivity index (χ3v) is 9.70. The smallest absolute Gasteiger partial charge is 0.164 e. The van der Waals surface area contributed by atoms with E-state index in [1.807, 2.05) is 72.8 Å². The second-order valence-electron chi connectivity index (χ2n) is 12.8. The fourth-order valence-corrected chi connectivity index (χ4v) is 7.14. The Kier molecular flexibility index (Phi) is 6.78. The molecule has 10 aromatic rings. The number of fused-ring (bicyclic) bond motifs is 5. The van der Waals surface area contributed by atoms with Gasteiger partial charge in [-0.05, 0) is 68.6 Å². The molecule has 0 atom stereocenters. The Morgan fingerprint density at radius 3 is 1.57 bits per heavy atom. The molecule has 10 rings (SSSR count). The topological polar surface area (TPSA) is 51.8 Å². The van der Waals surface area contributed by atoms with Crippen molar-refractivity contribution in [2.75, 3.05) is 0 Å². The lowest BCUT2D eigenvalue weighted by molar-refractivity contribution is 0.670. The second kappa shape index (κ2) is 11.9. The second-order valence-corrected chi connectivity index (χ2v) is 12.8. The lowest BCUT2D eigenvalue weighted by atomic mass is 9.93. The fourth-order valence-electron chi connectivity index (χ4n) is 7.14. The van der Waals surface area contributed by atoms with Crippen LogP contribution in [0.1, 0.15) is 0 Å². The van der Waals surface area contributed by atoms with E-state index in [1.165, 1.54) is 21.9 Å². The Bertz CT molecular complexity index is 2840. The van der Waals surface area contributed by atoms with Gasteiger partial charge in [0.05, 0.1) is 0 Å². The summed E-state index contributed by atoms with van der Waals surface area (Å²) in [5.41, 5.74) is 9.04. The summed E-state index contributed by atoms with van der Waals surface area (Å²) in [7, 11) is 0. The lowest BCUT2D eigenvalue weighted by Gasteiger charge is -2.10. The first kappa shape index (κ1) is 29.0. The van der Waals surface area contributed by atoms with Crippen LogP contribution in [0.25, 0.3) is 99.9 Å². The van der Waals surface area contributed by atoms with Gasteiger partial charge in [-0.15, -0.1) is 0 Å². The minimum atomic E-state index is 0.615. The molecule has 0 aliphatic carbocycles. The van der Waals surface area contributed by atoms with E-state index < -0.39 is 0 Å². The lowest BCUT2D eigenvalue weighted by Crippen LogP contribution is -2.00. The monoisotopic (exact) mass is 651 g/mol. The predicted octanol–water partition coefficient (Wildman–Crippen LogP) is 12.4. The van der Waals surface area contributed by atoms with E-state index in [-0.39, 0.29) is 0 Å². The molecule has 0 N–H and O–H groups in total. The Morgan fingerprint density at radius 2 is 0.863 bits per heavy atom. The highest BCUT2D eigenvalue weighted by Crippen LogP contribution is 2.42. The van der Waals surface area contributed by atoms with Gasteiger partial charge in [0.15, 0.2) is 17.5 Å². The van der Waals surface area contributed by atoms with E-state index in [2.05, 4.69) is 103 Å². The Morgan fingerprint density at radius 1 is 0.314 bits per heavy atom. The average Bonchev–Trinajstić information content (AvgIpc) is 3.57. The summed E-state index contributed by atoms with van der Waals surface area (Å²) < 4.78 is 6.73. The highest BCUT2D eigenvalue weighted by Gasteiger charge is 2.19. The third-order valence-electron chi connectivity index (χ3n) is 9.70. The maximum Gasteiger partial charge on any atom is 0.164 e. The van der Waals surface area contributed by atoms with Crippen molar-refractivity contribution in [3.63, 3.8) is 0 Å². The summed E-state index contributed by atoms with van der Waals surface area (Å²) in [6, 6.07) is 61.1. The van der Waals surface area contributed by atoms with Gasteiger partial charge in [0.25, 0.3) is 0 Å². The van der Waals surface area contributed by atoms with Gasteiger partial charge < -0.3 is 4.42 Å². The van der Waals surface area contributed by atoms with E-state index in [4.69, 9.17) is 19.4 Å². The molecular formula is C47H29N3O. The summed E-state index contributed by atoms with van der Waals surface area (Å²) in [4.78, 5) is 14.8. The summed E-state index contributed by atoms with van der Waals surface area (Å²) in [6.45, 7) is 0. The molecule has 51 heavy (non-hydrogen) atoms. The van der Waals surface area contributed by atoms with Gasteiger partial charge in [-0.25, -0.2) is 15.0 Å². The zero-order valence-electron chi connectivity index (χ0n) is 27.5. The Balaban J connectivity index is 1.13. The molecule has 0 saturated carbocycles. The number of benzene rings is 8. The van der Waals surface area contributed by atoms with Crippen LogP contribution in [0.15, 0.2) is 180 Å². The molecule has 0 radical (unpaired) electrons. The van der Waals surface area contributed by atoms with Gasteiger partial charge in [-0.2, -0.15) is 0 Å². The van der Waals surface area contributed by atoms with E-state index in [0.29, 0.717) is 17.5 Å². The highest BCUT2D eigenvalue weighted by molar-refractivity contribution is 6.18. The molecule has 238 valence electrons. The van der Waals surface area contributed by atoms with Crippen LogP contribution in [-0.4, -0.2) is 15.0 Å². The van der Waals surface area contributed by atoms with Crippen LogP contribution in [0.3, 0.4) is 0 Å². The largest absolute Gasteiger partial charge is 0.455 e. The van der Waals surface area contributed by atoms with Crippen LogP contribution in [-0.2, 0) is 0 Å². The van der Waals surface area contributed by atoms with Crippen molar-refractivity contribution < 1.29 is 4.42 Å². The quantitative estimate of drug-likeness (QED) is 0.186. The summed E-state index contributed by atoms with van der Waals surface area (Å²) in [6.07, 6.45) is 0. The predicted molar refractivity (Wildman–Crippen MR) is 209 cm³/mol. The van der Waals surface area contributed by atoms with Gasteiger partial charge in [-0.3, -0.25) is 0 Å². The first-order chi connectivity index (χ1) is 25.2. The number of aromatic nitrogens is 3. The number of hydrogen-bond donors (Lipinski definition) is 0. The Hall–Kier alpha value is -6.91. The summed E-state index contributed by atoms with van der Waals surface area (Å²) in [5, 5.41) is 6.86. The number of furan rings is 1. The standard InChI is InChI=1S/C47H29N3O/c1-3-12-33(13-4-1)45-48-46(34-14-5-2-6-15-34)50-47(49-45)38-25-26-42-40(29-38)41-28-37-17-9-10-18-39(37)43(44(41)51-42)32-22-19-31(20-23-32)36-24-21-30-11-7-8-16-35(30)27-36/h1-29H. The summed E-state index contributed by atoms with van der Waals surface area (Å²) in [5.74, 6) is 1.89. The Labute approximate surface area is 294 Å². The van der Waals surface area contributed by atoms with Crippen LogP contribution >= 0.6 is 0 Å². The molecule has 4 heteroatoms. The summed E-state index contributed by atoms with van der Waals surface area (Å²) >= 11 is 0. The van der Waals surface area contributed by atoms with Crippen molar-refractivity contribution in [2.24, 2.45) is 0 Å².